The van der Waals surface area contributed by atoms with Crippen molar-refractivity contribution in [3.05, 3.63) is 86.5 Å². The lowest BCUT2D eigenvalue weighted by molar-refractivity contribution is -0.389. The fourth-order valence-corrected chi connectivity index (χ4v) is 2.59. The molecule has 0 N–H and O–H groups in total. The molecule has 0 saturated carbocycles. The van der Waals surface area contributed by atoms with Crippen LogP contribution in [0.25, 0.3) is 6.08 Å². The number of hydrogen-bond acceptors (Lipinski definition) is 5. The summed E-state index contributed by atoms with van der Waals surface area (Å²) in [6.07, 6.45) is 4.37. The van der Waals surface area contributed by atoms with E-state index in [4.69, 9.17) is 16.0 Å². The third-order valence-corrected chi connectivity index (χ3v) is 3.84. The number of nitro groups is 1. The first-order valence-corrected chi connectivity index (χ1v) is 8.05. The molecule has 2 heterocycles. The number of allylic oxidation sites excluding steroid dienone is 1. The Bertz CT molecular complexity index is 1000. The molecule has 3 rings (SSSR count). The molecule has 1 aromatic carbocycles. The first-order chi connectivity index (χ1) is 12.4. The molecule has 3 aromatic rings. The van der Waals surface area contributed by atoms with Crippen molar-refractivity contribution < 1.29 is 14.1 Å². The van der Waals surface area contributed by atoms with Crippen molar-refractivity contribution in [2.45, 2.75) is 13.5 Å². The second-order valence-corrected chi connectivity index (χ2v) is 6.03. The van der Waals surface area contributed by atoms with Crippen LogP contribution in [-0.2, 0) is 6.54 Å². The van der Waals surface area contributed by atoms with Crippen LogP contribution < -0.4 is 0 Å². The normalized spacial score (nSPS) is 11.2. The van der Waals surface area contributed by atoms with Gasteiger partial charge in [0.15, 0.2) is 10.8 Å². The van der Waals surface area contributed by atoms with Crippen molar-refractivity contribution >= 4 is 29.3 Å². The number of aromatic nitrogens is 2. The molecule has 0 amide bonds. The highest BCUT2D eigenvalue weighted by Crippen LogP contribution is 2.22. The minimum absolute atomic E-state index is 0.0366. The number of aryl methyl sites for hydroxylation is 1. The number of carbonyl (C=O) groups is 1. The van der Waals surface area contributed by atoms with Gasteiger partial charge in [-0.05, 0) is 42.2 Å². The zero-order chi connectivity index (χ0) is 18.7. The van der Waals surface area contributed by atoms with Gasteiger partial charge in [-0.25, -0.2) is 0 Å². The van der Waals surface area contributed by atoms with Gasteiger partial charge in [0.2, 0.25) is 0 Å². The zero-order valence-corrected chi connectivity index (χ0v) is 14.5. The molecule has 0 saturated heterocycles. The third kappa shape index (κ3) is 4.07. The summed E-state index contributed by atoms with van der Waals surface area (Å²) in [7, 11) is 0. The maximum atomic E-state index is 12.2. The van der Waals surface area contributed by atoms with Gasteiger partial charge in [0, 0.05) is 5.56 Å². The Kier molecular flexibility index (Phi) is 4.99. The van der Waals surface area contributed by atoms with Gasteiger partial charge in [-0.2, -0.15) is 4.68 Å². The van der Waals surface area contributed by atoms with E-state index in [9.17, 15) is 14.9 Å². The van der Waals surface area contributed by atoms with Crippen molar-refractivity contribution in [3.63, 3.8) is 0 Å². The molecule has 0 fully saturated rings. The largest absolute Gasteiger partial charge is 0.460 e. The van der Waals surface area contributed by atoms with Gasteiger partial charge in [-0.15, -0.1) is 0 Å². The van der Waals surface area contributed by atoms with Crippen LogP contribution in [0, 0.1) is 17.0 Å². The molecule has 26 heavy (non-hydrogen) atoms. The molecule has 0 bridgehead atoms. The van der Waals surface area contributed by atoms with Crippen LogP contribution in [-0.4, -0.2) is 20.5 Å². The molecule has 0 radical (unpaired) electrons. The summed E-state index contributed by atoms with van der Waals surface area (Å²) < 4.78 is 6.92. The smallest absolute Gasteiger partial charge is 0.408 e. The number of rotatable bonds is 6. The monoisotopic (exact) mass is 371 g/mol. The molecule has 8 heteroatoms. The van der Waals surface area contributed by atoms with Crippen LogP contribution >= 0.6 is 11.6 Å². The summed E-state index contributed by atoms with van der Waals surface area (Å²) in [5.41, 5.74) is 1.61. The van der Waals surface area contributed by atoms with Gasteiger partial charge in [0.05, 0.1) is 11.3 Å². The number of benzene rings is 1. The molecule has 0 unspecified atom stereocenters. The Labute approximate surface area is 153 Å². The van der Waals surface area contributed by atoms with Crippen LogP contribution in [0.5, 0.6) is 0 Å². The molecule has 7 nitrogen and oxygen atoms in total. The molecule has 0 spiro atoms. The Balaban J connectivity index is 1.69. The van der Waals surface area contributed by atoms with Gasteiger partial charge in [0.1, 0.15) is 18.1 Å². The molecular formula is C18H14ClN3O4. The quantitative estimate of drug-likeness (QED) is 0.279. The standard InChI is InChI=1S/C18H14ClN3O4/c1-12-3-2-4-13(9-12)17(23)8-7-14-5-6-15(26-14)10-21-11-16(19)18(20-21)22(24)25/h2-9,11H,10H2,1H3/b8-7+. The van der Waals surface area contributed by atoms with Gasteiger partial charge in [-0.1, -0.05) is 35.4 Å². The lowest BCUT2D eigenvalue weighted by atomic mass is 10.1. The van der Waals surface area contributed by atoms with Gasteiger partial charge in [-0.3, -0.25) is 4.79 Å². The first-order valence-electron chi connectivity index (χ1n) is 7.67. The summed E-state index contributed by atoms with van der Waals surface area (Å²) in [6.45, 7) is 2.11. The summed E-state index contributed by atoms with van der Waals surface area (Å²) in [5, 5.41) is 14.5. The predicted octanol–water partition coefficient (Wildman–Crippen LogP) is 4.29. The minimum Gasteiger partial charge on any atom is -0.460 e. The van der Waals surface area contributed by atoms with Gasteiger partial charge < -0.3 is 14.5 Å². The second-order valence-electron chi connectivity index (χ2n) is 5.63. The average molecular weight is 372 g/mol. The number of halogens is 1. The highest BCUT2D eigenvalue weighted by atomic mass is 35.5. The first kappa shape index (κ1) is 17.6. The van der Waals surface area contributed by atoms with Crippen LogP contribution in [0.4, 0.5) is 5.82 Å². The summed E-state index contributed by atoms with van der Waals surface area (Å²) >= 11 is 5.76. The fraction of sp³-hybridized carbons (Fsp3) is 0.111. The molecule has 0 atom stereocenters. The van der Waals surface area contributed by atoms with Crippen molar-refractivity contribution in [2.75, 3.05) is 0 Å². The molecule has 0 aliphatic rings. The number of ketones is 1. The number of nitrogens with zero attached hydrogens (tertiary/aromatic N) is 3. The maximum Gasteiger partial charge on any atom is 0.408 e. The van der Waals surface area contributed by atoms with E-state index >= 15 is 0 Å². The van der Waals surface area contributed by atoms with Crippen molar-refractivity contribution in [3.8, 4) is 0 Å². The van der Waals surface area contributed by atoms with Crippen LogP contribution in [0.15, 0.2) is 53.1 Å². The van der Waals surface area contributed by atoms with E-state index in [-0.39, 0.29) is 17.4 Å². The van der Waals surface area contributed by atoms with E-state index in [1.807, 2.05) is 25.1 Å². The van der Waals surface area contributed by atoms with Crippen LogP contribution in [0.2, 0.25) is 5.02 Å². The lowest BCUT2D eigenvalue weighted by Crippen LogP contribution is -2.00. The molecule has 0 aliphatic carbocycles. The van der Waals surface area contributed by atoms with E-state index in [1.165, 1.54) is 17.0 Å². The van der Waals surface area contributed by atoms with E-state index in [0.29, 0.717) is 17.1 Å². The van der Waals surface area contributed by atoms with E-state index < -0.39 is 10.7 Å². The summed E-state index contributed by atoms with van der Waals surface area (Å²) in [5.74, 6) is 0.499. The fourth-order valence-electron chi connectivity index (χ4n) is 2.37. The third-order valence-electron chi connectivity index (χ3n) is 3.57. The maximum absolute atomic E-state index is 12.2. The predicted molar refractivity (Wildman–Crippen MR) is 96.2 cm³/mol. The van der Waals surface area contributed by atoms with Crippen LogP contribution in [0.3, 0.4) is 0 Å². The minimum atomic E-state index is -0.647. The SMILES string of the molecule is Cc1cccc(C(=O)/C=C/c2ccc(Cn3cc(Cl)c([N+](=O)[O-])n3)o2)c1. The Hall–Kier alpha value is -3.19. The molecule has 2 aromatic heterocycles. The highest BCUT2D eigenvalue weighted by molar-refractivity contribution is 6.32. The summed E-state index contributed by atoms with van der Waals surface area (Å²) in [6, 6.07) is 10.7. The average Bonchev–Trinajstić information content (AvgIpc) is 3.19. The topological polar surface area (TPSA) is 91.2 Å². The second kappa shape index (κ2) is 7.37. The zero-order valence-electron chi connectivity index (χ0n) is 13.8. The Morgan fingerprint density at radius 2 is 2.19 bits per heavy atom. The van der Waals surface area contributed by atoms with E-state index in [0.717, 1.165) is 5.56 Å². The lowest BCUT2D eigenvalue weighted by Gasteiger charge is -1.97. The van der Waals surface area contributed by atoms with Crippen LogP contribution in [0.1, 0.15) is 27.4 Å². The molecule has 132 valence electrons. The van der Waals surface area contributed by atoms with Gasteiger partial charge in [0.25, 0.3) is 0 Å². The molecule has 0 aliphatic heterocycles. The van der Waals surface area contributed by atoms with Crippen molar-refractivity contribution in [1.29, 1.82) is 0 Å². The van der Waals surface area contributed by atoms with E-state index in [1.54, 1.807) is 24.3 Å². The van der Waals surface area contributed by atoms with Crippen molar-refractivity contribution in [2.24, 2.45) is 0 Å². The van der Waals surface area contributed by atoms with Gasteiger partial charge >= 0.3 is 5.82 Å². The number of carbonyl (C=O) groups excluding carboxylic acids is 1. The number of furan rings is 1. The Morgan fingerprint density at radius 3 is 2.88 bits per heavy atom. The van der Waals surface area contributed by atoms with E-state index in [2.05, 4.69) is 5.10 Å². The Morgan fingerprint density at radius 1 is 1.38 bits per heavy atom. The van der Waals surface area contributed by atoms with Crippen molar-refractivity contribution in [1.82, 2.24) is 9.78 Å². The molecular weight excluding hydrogens is 358 g/mol. The summed E-state index contributed by atoms with van der Waals surface area (Å²) in [4.78, 5) is 22.3. The number of hydrogen-bond donors (Lipinski definition) is 0. The highest BCUT2D eigenvalue weighted by Gasteiger charge is 2.19.